The molecule has 0 aromatic heterocycles. The van der Waals surface area contributed by atoms with Crippen LogP contribution >= 0.6 is 0 Å². The first-order valence-corrected chi connectivity index (χ1v) is 14.9. The number of nitrogens with zero attached hydrogens (tertiary/aromatic N) is 3. The van der Waals surface area contributed by atoms with Gasteiger partial charge in [-0.1, -0.05) is 39.8 Å². The summed E-state index contributed by atoms with van der Waals surface area (Å²) in [5.41, 5.74) is 2.94. The van der Waals surface area contributed by atoms with Crippen LogP contribution in [0.2, 0.25) is 0 Å². The summed E-state index contributed by atoms with van der Waals surface area (Å²) < 4.78 is 0. The number of carbonyl (C=O) groups excluding carboxylic acids is 4. The predicted molar refractivity (Wildman–Crippen MR) is 168 cm³/mol. The Labute approximate surface area is 249 Å². The number of benzene rings is 5. The van der Waals surface area contributed by atoms with E-state index >= 15 is 0 Å². The number of hydrogen-bond donors (Lipinski definition) is 0. The van der Waals surface area contributed by atoms with Gasteiger partial charge in [0.2, 0.25) is 0 Å². The molecule has 0 fully saturated rings. The van der Waals surface area contributed by atoms with E-state index in [0.717, 1.165) is 27.1 Å². The van der Waals surface area contributed by atoms with Crippen molar-refractivity contribution in [2.24, 2.45) is 11.8 Å². The van der Waals surface area contributed by atoms with E-state index in [1.807, 2.05) is 25.1 Å². The first-order chi connectivity index (χ1) is 20.5. The fourth-order valence-corrected chi connectivity index (χ4v) is 7.02. The number of aryl methyl sites for hydroxylation is 1. The van der Waals surface area contributed by atoms with Crippen molar-refractivity contribution in [2.75, 3.05) is 13.1 Å². The number of imide groups is 2. The second-order valence-corrected chi connectivity index (χ2v) is 12.8. The standard InChI is InChI=1S/C36H31N3O4/c1-17(2)11-13-38-33(40)22-10-8-21-30-26(37-6)16-25-29-23(34(41)39(36(25)43)14-12-18(3)4)9-7-20(32(29)30)27-19(5)15-24(35(38)42)28(22)31(21)27/h7-10,15-18H,11-14H2,1-5H3. The zero-order valence-corrected chi connectivity index (χ0v) is 24.9. The summed E-state index contributed by atoms with van der Waals surface area (Å²) in [4.78, 5) is 61.5. The van der Waals surface area contributed by atoms with E-state index in [9.17, 15) is 19.2 Å². The van der Waals surface area contributed by atoms with Crippen LogP contribution in [0, 0.1) is 25.3 Å². The zero-order valence-electron chi connectivity index (χ0n) is 24.9. The molecule has 0 unspecified atom stereocenters. The summed E-state index contributed by atoms with van der Waals surface area (Å²) in [6, 6.07) is 10.8. The fourth-order valence-electron chi connectivity index (χ4n) is 7.02. The van der Waals surface area contributed by atoms with Crippen molar-refractivity contribution in [1.29, 1.82) is 0 Å². The molecule has 0 spiro atoms. The van der Waals surface area contributed by atoms with Crippen molar-refractivity contribution in [3.8, 4) is 0 Å². The fraction of sp³-hybridized carbons (Fsp3) is 0.306. The maximum Gasteiger partial charge on any atom is 0.261 e. The maximum absolute atomic E-state index is 13.8. The maximum atomic E-state index is 13.8. The molecule has 0 radical (unpaired) electrons. The van der Waals surface area contributed by atoms with Crippen molar-refractivity contribution >= 4 is 72.4 Å². The molecule has 43 heavy (non-hydrogen) atoms. The van der Waals surface area contributed by atoms with Crippen molar-refractivity contribution in [3.63, 3.8) is 0 Å². The smallest absolute Gasteiger partial charge is 0.261 e. The molecule has 2 aliphatic heterocycles. The lowest BCUT2D eigenvalue weighted by Crippen LogP contribution is -2.41. The Morgan fingerprint density at radius 3 is 1.53 bits per heavy atom. The minimum atomic E-state index is -0.378. The summed E-state index contributed by atoms with van der Waals surface area (Å²) in [7, 11) is 0. The van der Waals surface area contributed by atoms with Gasteiger partial charge in [0.25, 0.3) is 23.6 Å². The Hall–Kier alpha value is -4.83. The van der Waals surface area contributed by atoms with E-state index in [1.165, 1.54) is 9.80 Å². The van der Waals surface area contributed by atoms with Crippen LogP contribution < -0.4 is 0 Å². The monoisotopic (exact) mass is 569 g/mol. The lowest BCUT2D eigenvalue weighted by Gasteiger charge is -2.31. The molecule has 0 saturated carbocycles. The zero-order chi connectivity index (χ0) is 30.5. The van der Waals surface area contributed by atoms with E-state index in [1.54, 1.807) is 18.2 Å². The Kier molecular flexibility index (Phi) is 5.87. The molecule has 7 rings (SSSR count). The predicted octanol–water partition coefficient (Wildman–Crippen LogP) is 7.88. The SMILES string of the molecule is [C-]#[N+]c1cc2c3c(ccc4c5c(C)cc6c7c(ccc(c1c34)c75)C(=O)N(CCC(C)C)C6=O)C(=O)N(CCC(C)C)C2=O. The highest BCUT2D eigenvalue weighted by molar-refractivity contribution is 6.43. The Morgan fingerprint density at radius 2 is 1.05 bits per heavy atom. The summed E-state index contributed by atoms with van der Waals surface area (Å²) >= 11 is 0. The van der Waals surface area contributed by atoms with Gasteiger partial charge in [0, 0.05) is 46.1 Å². The van der Waals surface area contributed by atoms with Gasteiger partial charge in [-0.15, -0.1) is 0 Å². The molecule has 0 aliphatic carbocycles. The molecule has 5 aromatic rings. The van der Waals surface area contributed by atoms with Crippen LogP contribution in [0.5, 0.6) is 0 Å². The summed E-state index contributed by atoms with van der Waals surface area (Å²) in [5.74, 6) is -0.652. The van der Waals surface area contributed by atoms with Crippen LogP contribution in [0.3, 0.4) is 0 Å². The Bertz CT molecular complexity index is 2150. The van der Waals surface area contributed by atoms with E-state index in [4.69, 9.17) is 6.57 Å². The van der Waals surface area contributed by atoms with Crippen LogP contribution in [0.25, 0.3) is 47.9 Å². The Balaban J connectivity index is 1.58. The molecule has 0 bridgehead atoms. The van der Waals surface area contributed by atoms with Crippen LogP contribution in [0.4, 0.5) is 5.69 Å². The molecular formula is C36H31N3O4. The topological polar surface area (TPSA) is 79.1 Å². The van der Waals surface area contributed by atoms with Gasteiger partial charge >= 0.3 is 0 Å². The van der Waals surface area contributed by atoms with Crippen LogP contribution in [-0.4, -0.2) is 46.5 Å². The highest BCUT2D eigenvalue weighted by Crippen LogP contribution is 2.50. The van der Waals surface area contributed by atoms with Gasteiger partial charge in [0.1, 0.15) is 0 Å². The summed E-state index contributed by atoms with van der Waals surface area (Å²) in [5, 5.41) is 5.69. The second-order valence-electron chi connectivity index (χ2n) is 12.8. The van der Waals surface area contributed by atoms with E-state index in [-0.39, 0.29) is 23.6 Å². The second kappa shape index (κ2) is 9.34. The van der Waals surface area contributed by atoms with Crippen LogP contribution in [-0.2, 0) is 0 Å². The third-order valence-electron chi connectivity index (χ3n) is 9.16. The molecule has 4 amide bonds. The van der Waals surface area contributed by atoms with Gasteiger partial charge in [-0.25, -0.2) is 4.85 Å². The Morgan fingerprint density at radius 1 is 0.605 bits per heavy atom. The number of rotatable bonds is 6. The summed E-state index contributed by atoms with van der Waals surface area (Å²) in [6.45, 7) is 19.0. The first kappa shape index (κ1) is 27.0. The molecular weight excluding hydrogens is 538 g/mol. The van der Waals surface area contributed by atoms with Crippen LogP contribution in [0.1, 0.15) is 87.5 Å². The molecule has 5 aromatic carbocycles. The number of amides is 4. The normalized spacial score (nSPS) is 15.0. The minimum absolute atomic E-state index is 0.302. The van der Waals surface area contributed by atoms with Gasteiger partial charge in [-0.2, -0.15) is 0 Å². The van der Waals surface area contributed by atoms with Gasteiger partial charge in [0.15, 0.2) is 5.69 Å². The van der Waals surface area contributed by atoms with Gasteiger partial charge in [-0.3, -0.25) is 29.0 Å². The molecule has 0 saturated heterocycles. The largest absolute Gasteiger partial charge is 0.274 e. The average Bonchev–Trinajstić information content (AvgIpc) is 2.97. The quantitative estimate of drug-likeness (QED) is 0.0902. The molecule has 7 nitrogen and oxygen atoms in total. The van der Waals surface area contributed by atoms with Gasteiger partial charge < -0.3 is 0 Å². The van der Waals surface area contributed by atoms with E-state index < -0.39 is 0 Å². The van der Waals surface area contributed by atoms with Crippen LogP contribution in [0.15, 0.2) is 36.4 Å². The molecule has 0 N–H and O–H groups in total. The third kappa shape index (κ3) is 3.59. The number of fused-ring (bicyclic) bond motifs is 2. The van der Waals surface area contributed by atoms with Gasteiger partial charge in [-0.05, 0) is 93.7 Å². The highest BCUT2D eigenvalue weighted by Gasteiger charge is 2.37. The van der Waals surface area contributed by atoms with Crippen molar-refractivity contribution in [1.82, 2.24) is 9.80 Å². The summed E-state index contributed by atoms with van der Waals surface area (Å²) in [6.07, 6.45) is 1.40. The molecule has 2 heterocycles. The van der Waals surface area contributed by atoms with E-state index in [0.29, 0.717) is 87.3 Å². The first-order valence-electron chi connectivity index (χ1n) is 14.9. The molecule has 7 heteroatoms. The third-order valence-corrected chi connectivity index (χ3v) is 9.16. The minimum Gasteiger partial charge on any atom is -0.274 e. The molecule has 214 valence electrons. The van der Waals surface area contributed by atoms with Crippen molar-refractivity contribution < 1.29 is 19.2 Å². The highest BCUT2D eigenvalue weighted by atomic mass is 16.2. The van der Waals surface area contributed by atoms with Crippen molar-refractivity contribution in [2.45, 2.75) is 47.5 Å². The number of hydrogen-bond acceptors (Lipinski definition) is 4. The lowest BCUT2D eigenvalue weighted by atomic mass is 9.80. The molecule has 0 atom stereocenters. The molecule has 2 aliphatic rings. The lowest BCUT2D eigenvalue weighted by molar-refractivity contribution is 0.0588. The van der Waals surface area contributed by atoms with E-state index in [2.05, 4.69) is 32.5 Å². The average molecular weight is 570 g/mol. The van der Waals surface area contributed by atoms with Crippen molar-refractivity contribution in [3.05, 3.63) is 75.6 Å². The van der Waals surface area contributed by atoms with Gasteiger partial charge in [0.05, 0.1) is 6.57 Å². The number of carbonyl (C=O) groups is 4.